The molecule has 27 heavy (non-hydrogen) atoms. The third-order valence-electron chi connectivity index (χ3n) is 4.24. The average molecular weight is 370 g/mol. The van der Waals surface area contributed by atoms with Crippen LogP contribution in [0.4, 0.5) is 0 Å². The number of aryl methyl sites for hydroxylation is 1. The Morgan fingerprint density at radius 1 is 0.963 bits per heavy atom. The number of benzene rings is 2. The molecule has 2 rings (SSSR count). The predicted octanol–water partition coefficient (Wildman–Crippen LogP) is 1.81. The van der Waals surface area contributed by atoms with Gasteiger partial charge in [0.25, 0.3) is 0 Å². The van der Waals surface area contributed by atoms with E-state index < -0.39 is 17.4 Å². The Balaban J connectivity index is 1.73. The number of aliphatic hydroxyl groups is 1. The number of nitrogens with one attached hydrogen (secondary N) is 2. The molecule has 1 atom stereocenters. The summed E-state index contributed by atoms with van der Waals surface area (Å²) in [4.78, 5) is 23.8. The van der Waals surface area contributed by atoms with Crippen molar-refractivity contribution in [1.29, 1.82) is 0 Å². The predicted molar refractivity (Wildman–Crippen MR) is 103 cm³/mol. The van der Waals surface area contributed by atoms with Gasteiger partial charge in [0.05, 0.1) is 12.7 Å². The average Bonchev–Trinajstić information content (AvgIpc) is 2.70. The second-order valence-corrected chi connectivity index (χ2v) is 6.70. The van der Waals surface area contributed by atoms with Gasteiger partial charge in [-0.1, -0.05) is 42.5 Å². The molecule has 0 radical (unpaired) electrons. The van der Waals surface area contributed by atoms with Gasteiger partial charge in [-0.05, 0) is 43.0 Å². The first kappa shape index (κ1) is 20.5. The maximum absolute atomic E-state index is 11.9. The van der Waals surface area contributed by atoms with E-state index >= 15 is 0 Å². The zero-order chi connectivity index (χ0) is 19.7. The summed E-state index contributed by atoms with van der Waals surface area (Å²) in [5.74, 6) is -0.770. The molecular formula is C21H26N2O4. The number of hydrogen-bond donors (Lipinski definition) is 3. The Kier molecular flexibility index (Phi) is 7.37. The van der Waals surface area contributed by atoms with Crippen LogP contribution < -0.4 is 15.4 Å². The van der Waals surface area contributed by atoms with Gasteiger partial charge < -0.3 is 20.5 Å². The number of ether oxygens (including phenoxy) is 1. The van der Waals surface area contributed by atoms with E-state index in [-0.39, 0.29) is 13.1 Å². The van der Waals surface area contributed by atoms with Crippen molar-refractivity contribution in [1.82, 2.24) is 10.6 Å². The maximum atomic E-state index is 11.9. The summed E-state index contributed by atoms with van der Waals surface area (Å²) in [5.41, 5.74) is 0.870. The van der Waals surface area contributed by atoms with Crippen molar-refractivity contribution in [3.63, 3.8) is 0 Å². The molecule has 144 valence electrons. The van der Waals surface area contributed by atoms with Gasteiger partial charge in [-0.3, -0.25) is 9.59 Å². The van der Waals surface area contributed by atoms with Crippen LogP contribution in [0, 0.1) is 0 Å². The molecule has 6 heteroatoms. The fourth-order valence-corrected chi connectivity index (χ4v) is 2.50. The molecule has 0 saturated heterocycles. The first-order chi connectivity index (χ1) is 12.9. The molecular weight excluding hydrogens is 344 g/mol. The summed E-state index contributed by atoms with van der Waals surface area (Å²) in [6.07, 6.45) is 1.16. The van der Waals surface area contributed by atoms with Crippen LogP contribution in [0.2, 0.25) is 0 Å². The number of carbonyl (C=O) groups excluding carboxylic acids is 2. The quantitative estimate of drug-likeness (QED) is 0.619. The van der Waals surface area contributed by atoms with Crippen LogP contribution in [-0.2, 0) is 22.6 Å². The second-order valence-electron chi connectivity index (χ2n) is 6.70. The van der Waals surface area contributed by atoms with E-state index in [9.17, 15) is 14.7 Å². The molecule has 0 bridgehead atoms. The third kappa shape index (κ3) is 7.11. The van der Waals surface area contributed by atoms with Crippen molar-refractivity contribution < 1.29 is 19.4 Å². The van der Waals surface area contributed by atoms with Gasteiger partial charge in [0.1, 0.15) is 5.75 Å². The van der Waals surface area contributed by atoms with E-state index in [1.807, 2.05) is 42.5 Å². The molecule has 0 spiro atoms. The Labute approximate surface area is 159 Å². The minimum atomic E-state index is -1.10. The maximum Gasteiger partial charge on any atom is 0.309 e. The van der Waals surface area contributed by atoms with Gasteiger partial charge in [0.2, 0.25) is 0 Å². The second kappa shape index (κ2) is 9.73. The SMILES string of the molecule is COc1ccc(CNC(=O)C(=O)NCC(C)(O)CCc2ccccc2)cc1. The topological polar surface area (TPSA) is 87.7 Å². The van der Waals surface area contributed by atoms with Crippen LogP contribution in [0.15, 0.2) is 54.6 Å². The third-order valence-corrected chi connectivity index (χ3v) is 4.24. The molecule has 0 fully saturated rings. The van der Waals surface area contributed by atoms with E-state index in [4.69, 9.17) is 4.74 Å². The fraction of sp³-hybridized carbons (Fsp3) is 0.333. The first-order valence-electron chi connectivity index (χ1n) is 8.85. The van der Waals surface area contributed by atoms with E-state index in [2.05, 4.69) is 10.6 Å². The molecule has 1 unspecified atom stereocenters. The Morgan fingerprint density at radius 2 is 1.59 bits per heavy atom. The summed E-state index contributed by atoms with van der Waals surface area (Å²) in [5, 5.41) is 15.5. The van der Waals surface area contributed by atoms with Crippen molar-refractivity contribution in [2.24, 2.45) is 0 Å². The largest absolute Gasteiger partial charge is 0.497 e. The number of amides is 2. The van der Waals surface area contributed by atoms with Gasteiger partial charge in [0, 0.05) is 13.1 Å². The van der Waals surface area contributed by atoms with Crippen LogP contribution in [0.25, 0.3) is 0 Å². The normalized spacial score (nSPS) is 12.7. The van der Waals surface area contributed by atoms with Gasteiger partial charge in [0.15, 0.2) is 0 Å². The molecule has 0 aliphatic rings. The Hall–Kier alpha value is -2.86. The number of methoxy groups -OCH3 is 1. The van der Waals surface area contributed by atoms with Crippen molar-refractivity contribution in [3.8, 4) is 5.75 Å². The van der Waals surface area contributed by atoms with Crippen molar-refractivity contribution in [2.75, 3.05) is 13.7 Å². The molecule has 2 aromatic carbocycles. The van der Waals surface area contributed by atoms with Crippen molar-refractivity contribution >= 4 is 11.8 Å². The molecule has 2 amide bonds. The van der Waals surface area contributed by atoms with Crippen LogP contribution >= 0.6 is 0 Å². The minimum Gasteiger partial charge on any atom is -0.497 e. The van der Waals surface area contributed by atoms with Gasteiger partial charge in [-0.15, -0.1) is 0 Å². The highest BCUT2D eigenvalue weighted by Gasteiger charge is 2.23. The van der Waals surface area contributed by atoms with Gasteiger partial charge in [-0.2, -0.15) is 0 Å². The lowest BCUT2D eigenvalue weighted by molar-refractivity contribution is -0.139. The molecule has 2 aromatic rings. The molecule has 0 saturated carbocycles. The molecule has 3 N–H and O–H groups in total. The van der Waals surface area contributed by atoms with Crippen LogP contribution in [0.3, 0.4) is 0 Å². The summed E-state index contributed by atoms with van der Waals surface area (Å²) in [6.45, 7) is 1.89. The highest BCUT2D eigenvalue weighted by atomic mass is 16.5. The standard InChI is InChI=1S/C21H26N2O4/c1-21(26,13-12-16-6-4-3-5-7-16)15-23-20(25)19(24)22-14-17-8-10-18(27-2)11-9-17/h3-11,26H,12-15H2,1-2H3,(H,22,24)(H,23,25). The van der Waals surface area contributed by atoms with Crippen LogP contribution in [0.5, 0.6) is 5.75 Å². The highest BCUT2D eigenvalue weighted by molar-refractivity contribution is 6.35. The van der Waals surface area contributed by atoms with E-state index in [0.29, 0.717) is 12.8 Å². The zero-order valence-electron chi connectivity index (χ0n) is 15.7. The lowest BCUT2D eigenvalue weighted by atomic mass is 9.97. The smallest absolute Gasteiger partial charge is 0.309 e. The Morgan fingerprint density at radius 3 is 2.22 bits per heavy atom. The minimum absolute atomic E-state index is 0.00855. The highest BCUT2D eigenvalue weighted by Crippen LogP contribution is 2.13. The van der Waals surface area contributed by atoms with Crippen molar-refractivity contribution in [3.05, 3.63) is 65.7 Å². The van der Waals surface area contributed by atoms with E-state index in [1.54, 1.807) is 26.2 Å². The Bertz CT molecular complexity index is 743. The summed E-state index contributed by atoms with van der Waals surface area (Å²) >= 11 is 0. The molecule has 0 aromatic heterocycles. The monoisotopic (exact) mass is 370 g/mol. The van der Waals surface area contributed by atoms with E-state index in [1.165, 1.54) is 0 Å². The van der Waals surface area contributed by atoms with Crippen molar-refractivity contribution in [2.45, 2.75) is 31.9 Å². The summed E-state index contributed by atoms with van der Waals surface area (Å²) < 4.78 is 5.07. The molecule has 0 aliphatic carbocycles. The van der Waals surface area contributed by atoms with Crippen LogP contribution in [-0.4, -0.2) is 36.2 Å². The fourth-order valence-electron chi connectivity index (χ4n) is 2.50. The number of hydrogen-bond acceptors (Lipinski definition) is 4. The molecule has 0 heterocycles. The van der Waals surface area contributed by atoms with Gasteiger partial charge >= 0.3 is 11.8 Å². The number of rotatable bonds is 8. The molecule has 0 aliphatic heterocycles. The van der Waals surface area contributed by atoms with Gasteiger partial charge in [-0.25, -0.2) is 0 Å². The summed E-state index contributed by atoms with van der Waals surface area (Å²) in [7, 11) is 1.58. The number of carbonyl (C=O) groups is 2. The summed E-state index contributed by atoms with van der Waals surface area (Å²) in [6, 6.07) is 17.0. The van der Waals surface area contributed by atoms with E-state index in [0.717, 1.165) is 16.9 Å². The first-order valence-corrected chi connectivity index (χ1v) is 8.85. The molecule has 6 nitrogen and oxygen atoms in total. The zero-order valence-corrected chi connectivity index (χ0v) is 15.7. The lowest BCUT2D eigenvalue weighted by Crippen LogP contribution is -2.46. The lowest BCUT2D eigenvalue weighted by Gasteiger charge is -2.23. The van der Waals surface area contributed by atoms with Crippen LogP contribution in [0.1, 0.15) is 24.5 Å².